The number of fused-ring (bicyclic) bond motifs is 1. The van der Waals surface area contributed by atoms with Crippen molar-refractivity contribution < 1.29 is 17.9 Å². The van der Waals surface area contributed by atoms with Crippen molar-refractivity contribution in [3.63, 3.8) is 0 Å². The van der Waals surface area contributed by atoms with Gasteiger partial charge in [0.2, 0.25) is 10.0 Å². The van der Waals surface area contributed by atoms with E-state index in [1.54, 1.807) is 6.92 Å². The lowest BCUT2D eigenvalue weighted by Gasteiger charge is -2.07. The van der Waals surface area contributed by atoms with Crippen LogP contribution in [0, 0.1) is 0 Å². The molecular weight excluding hydrogens is 354 g/mol. The van der Waals surface area contributed by atoms with E-state index >= 15 is 0 Å². The predicted octanol–water partition coefficient (Wildman–Crippen LogP) is 2.03. The zero-order valence-electron chi connectivity index (χ0n) is 14.3. The summed E-state index contributed by atoms with van der Waals surface area (Å²) >= 11 is 0. The second-order valence-corrected chi connectivity index (χ2v) is 7.36. The van der Waals surface area contributed by atoms with Crippen LogP contribution in [-0.4, -0.2) is 36.9 Å². The Bertz CT molecular complexity index is 977. The first-order chi connectivity index (χ1) is 12.5. The monoisotopic (exact) mass is 373 g/mol. The summed E-state index contributed by atoms with van der Waals surface area (Å²) in [6.07, 6.45) is 4.24. The quantitative estimate of drug-likeness (QED) is 0.640. The van der Waals surface area contributed by atoms with E-state index in [0.717, 1.165) is 11.3 Å². The van der Waals surface area contributed by atoms with E-state index in [2.05, 4.69) is 9.71 Å². The van der Waals surface area contributed by atoms with Gasteiger partial charge in [0.1, 0.15) is 5.65 Å². The number of nitrogens with zero attached hydrogens (tertiary/aromatic N) is 2. The van der Waals surface area contributed by atoms with Gasteiger partial charge in [-0.15, -0.1) is 0 Å². The van der Waals surface area contributed by atoms with E-state index in [-0.39, 0.29) is 18.0 Å². The minimum atomic E-state index is -3.65. The summed E-state index contributed by atoms with van der Waals surface area (Å²) < 4.78 is 34.0. The number of aromatic nitrogens is 2. The van der Waals surface area contributed by atoms with E-state index < -0.39 is 16.0 Å². The highest BCUT2D eigenvalue weighted by atomic mass is 32.2. The van der Waals surface area contributed by atoms with Gasteiger partial charge >= 0.3 is 5.97 Å². The fourth-order valence-corrected chi connectivity index (χ4v) is 3.52. The molecule has 0 atom stereocenters. The third kappa shape index (κ3) is 4.09. The van der Waals surface area contributed by atoms with Crippen LogP contribution < -0.4 is 4.72 Å². The molecule has 0 aliphatic carbocycles. The third-order valence-corrected chi connectivity index (χ3v) is 5.24. The lowest BCUT2D eigenvalue weighted by Crippen LogP contribution is -2.26. The van der Waals surface area contributed by atoms with Crippen LogP contribution >= 0.6 is 0 Å². The normalized spacial score (nSPS) is 11.6. The van der Waals surface area contributed by atoms with Crippen molar-refractivity contribution in [3.8, 4) is 0 Å². The number of rotatable bonds is 7. The van der Waals surface area contributed by atoms with Crippen molar-refractivity contribution in [2.75, 3.05) is 13.2 Å². The number of carbonyl (C=O) groups excluding carboxylic acids is 1. The zero-order valence-corrected chi connectivity index (χ0v) is 15.1. The Morgan fingerprint density at radius 2 is 1.96 bits per heavy atom. The first-order valence-corrected chi connectivity index (χ1v) is 9.67. The number of nitrogens with one attached hydrogen (secondary N) is 1. The van der Waals surface area contributed by atoms with Gasteiger partial charge in [0.05, 0.1) is 22.8 Å². The number of imidazole rings is 1. The highest BCUT2D eigenvalue weighted by Crippen LogP contribution is 2.12. The number of hydrogen-bond donors (Lipinski definition) is 1. The van der Waals surface area contributed by atoms with Crippen molar-refractivity contribution in [1.82, 2.24) is 14.1 Å². The maximum absolute atomic E-state index is 12.3. The second-order valence-electron chi connectivity index (χ2n) is 5.59. The minimum absolute atomic E-state index is 0.0977. The molecule has 136 valence electrons. The molecule has 2 heterocycles. The van der Waals surface area contributed by atoms with Gasteiger partial charge in [-0.1, -0.05) is 6.07 Å². The number of pyridine rings is 1. The molecule has 0 bridgehead atoms. The Morgan fingerprint density at radius 3 is 2.65 bits per heavy atom. The van der Waals surface area contributed by atoms with Gasteiger partial charge < -0.3 is 9.14 Å². The van der Waals surface area contributed by atoms with Gasteiger partial charge in [0.25, 0.3) is 0 Å². The smallest absolute Gasteiger partial charge is 0.338 e. The molecule has 0 aliphatic heterocycles. The molecule has 0 saturated carbocycles. The van der Waals surface area contributed by atoms with Crippen LogP contribution in [0.25, 0.3) is 5.65 Å². The second kappa shape index (κ2) is 7.67. The largest absolute Gasteiger partial charge is 0.462 e. The van der Waals surface area contributed by atoms with Gasteiger partial charge in [0.15, 0.2) is 0 Å². The molecule has 1 aromatic carbocycles. The summed E-state index contributed by atoms with van der Waals surface area (Å²) in [6, 6.07) is 11.3. The molecule has 7 nitrogen and oxygen atoms in total. The molecule has 26 heavy (non-hydrogen) atoms. The van der Waals surface area contributed by atoms with Crippen LogP contribution in [0.4, 0.5) is 0 Å². The molecule has 1 N–H and O–H groups in total. The van der Waals surface area contributed by atoms with Crippen LogP contribution in [0.15, 0.2) is 59.8 Å². The molecule has 2 aromatic heterocycles. The van der Waals surface area contributed by atoms with Crippen molar-refractivity contribution in [3.05, 3.63) is 66.1 Å². The first kappa shape index (κ1) is 18.1. The number of ether oxygens (including phenoxy) is 1. The van der Waals surface area contributed by atoms with E-state index in [1.165, 1.54) is 24.3 Å². The summed E-state index contributed by atoms with van der Waals surface area (Å²) in [5.74, 6) is -0.476. The Labute approximate surface area is 151 Å². The number of hydrogen-bond acceptors (Lipinski definition) is 5. The molecule has 0 spiro atoms. The summed E-state index contributed by atoms with van der Waals surface area (Å²) in [5.41, 5.74) is 1.94. The van der Waals surface area contributed by atoms with Crippen LogP contribution in [0.5, 0.6) is 0 Å². The van der Waals surface area contributed by atoms with Crippen molar-refractivity contribution in [1.29, 1.82) is 0 Å². The molecule has 0 aliphatic rings. The zero-order chi connectivity index (χ0) is 18.6. The fraction of sp³-hybridized carbons (Fsp3) is 0.222. The van der Waals surface area contributed by atoms with E-state index in [9.17, 15) is 13.2 Å². The lowest BCUT2D eigenvalue weighted by atomic mass is 10.2. The van der Waals surface area contributed by atoms with Gasteiger partial charge in [-0.2, -0.15) is 0 Å². The van der Waals surface area contributed by atoms with Gasteiger partial charge in [-0.05, 0) is 43.3 Å². The van der Waals surface area contributed by atoms with Crippen molar-refractivity contribution in [2.24, 2.45) is 0 Å². The van der Waals surface area contributed by atoms with Gasteiger partial charge in [-0.3, -0.25) is 0 Å². The van der Waals surface area contributed by atoms with Crippen LogP contribution in [0.2, 0.25) is 0 Å². The highest BCUT2D eigenvalue weighted by Gasteiger charge is 2.15. The Kier molecular flexibility index (Phi) is 5.34. The number of esters is 1. The van der Waals surface area contributed by atoms with E-state index in [0.29, 0.717) is 12.0 Å². The third-order valence-electron chi connectivity index (χ3n) is 3.76. The standard InChI is InChI=1S/C18H19N3O4S/c1-2-25-18(22)14-6-8-16(9-7-14)26(23,24)19-11-10-15-13-21-12-4-3-5-17(21)20-15/h3-9,12-13,19H,2,10-11H2,1H3. The Morgan fingerprint density at radius 1 is 1.19 bits per heavy atom. The topological polar surface area (TPSA) is 89.8 Å². The number of benzene rings is 1. The molecule has 0 radical (unpaired) electrons. The minimum Gasteiger partial charge on any atom is -0.462 e. The number of carbonyl (C=O) groups is 1. The van der Waals surface area contributed by atoms with Gasteiger partial charge in [-0.25, -0.2) is 22.9 Å². The molecule has 3 rings (SSSR count). The van der Waals surface area contributed by atoms with E-state index in [4.69, 9.17) is 4.74 Å². The predicted molar refractivity (Wildman–Crippen MR) is 96.5 cm³/mol. The fourth-order valence-electron chi connectivity index (χ4n) is 2.49. The van der Waals surface area contributed by atoms with Crippen LogP contribution in [0.1, 0.15) is 23.0 Å². The summed E-state index contributed by atoms with van der Waals surface area (Å²) in [5, 5.41) is 0. The van der Waals surface area contributed by atoms with Crippen molar-refractivity contribution in [2.45, 2.75) is 18.2 Å². The highest BCUT2D eigenvalue weighted by molar-refractivity contribution is 7.89. The van der Waals surface area contributed by atoms with E-state index in [1.807, 2.05) is 35.0 Å². The summed E-state index contributed by atoms with van der Waals surface area (Å²) in [4.78, 5) is 16.1. The average molecular weight is 373 g/mol. The molecule has 8 heteroatoms. The molecule has 0 amide bonds. The first-order valence-electron chi connectivity index (χ1n) is 8.19. The van der Waals surface area contributed by atoms with Crippen molar-refractivity contribution >= 4 is 21.6 Å². The lowest BCUT2D eigenvalue weighted by molar-refractivity contribution is 0.0526. The molecular formula is C18H19N3O4S. The molecule has 0 saturated heterocycles. The average Bonchev–Trinajstić information content (AvgIpc) is 3.04. The van der Waals surface area contributed by atoms with Crippen LogP contribution in [-0.2, 0) is 21.2 Å². The molecule has 3 aromatic rings. The maximum atomic E-state index is 12.3. The maximum Gasteiger partial charge on any atom is 0.338 e. The molecule has 0 fully saturated rings. The summed E-state index contributed by atoms with van der Waals surface area (Å²) in [7, 11) is -3.65. The Balaban J connectivity index is 1.62. The van der Waals surface area contributed by atoms with Gasteiger partial charge in [0, 0.05) is 25.4 Å². The van der Waals surface area contributed by atoms with Crippen LogP contribution in [0.3, 0.4) is 0 Å². The summed E-state index contributed by atoms with van der Waals surface area (Å²) in [6.45, 7) is 2.21. The number of sulfonamides is 1. The molecule has 0 unspecified atom stereocenters. The SMILES string of the molecule is CCOC(=O)c1ccc(S(=O)(=O)NCCc2cn3ccccc3n2)cc1. The Hall–Kier alpha value is -2.71.